The van der Waals surface area contributed by atoms with Gasteiger partial charge in [0.1, 0.15) is 0 Å². The maximum absolute atomic E-state index is 5.41. The van der Waals surface area contributed by atoms with Crippen molar-refractivity contribution < 1.29 is 4.52 Å². The Morgan fingerprint density at radius 3 is 2.75 bits per heavy atom. The number of aryl methyl sites for hydroxylation is 1. The predicted molar refractivity (Wildman–Crippen MR) is 95.0 cm³/mol. The number of nitrogens with zero attached hydrogens (tertiary/aromatic N) is 5. The summed E-state index contributed by atoms with van der Waals surface area (Å²) in [7, 11) is 0. The summed E-state index contributed by atoms with van der Waals surface area (Å²) in [4.78, 5) is 4.49. The van der Waals surface area contributed by atoms with Crippen molar-refractivity contribution in [2.75, 3.05) is 0 Å². The number of hydrogen-bond donors (Lipinski definition) is 0. The highest BCUT2D eigenvalue weighted by Gasteiger charge is 2.20. The van der Waals surface area contributed by atoms with Crippen LogP contribution in [0.5, 0.6) is 0 Å². The van der Waals surface area contributed by atoms with Crippen molar-refractivity contribution in [2.24, 2.45) is 0 Å². The predicted octanol–water partition coefficient (Wildman–Crippen LogP) is 4.37. The standard InChI is InChI=1S/C17H20BrN5O/c1-3-5-6-11-15-19-17(24-21-15)16-13(4-2)23(22-20-16)14-10-8-7-9-12(14)18/h7-10H,3-6,11H2,1-2H3. The Balaban J connectivity index is 1.91. The number of benzene rings is 1. The molecule has 24 heavy (non-hydrogen) atoms. The normalized spacial score (nSPS) is 11.1. The lowest BCUT2D eigenvalue weighted by atomic mass is 10.2. The largest absolute Gasteiger partial charge is 0.332 e. The van der Waals surface area contributed by atoms with Gasteiger partial charge in [-0.3, -0.25) is 0 Å². The first-order chi connectivity index (χ1) is 11.7. The molecule has 0 aliphatic rings. The molecule has 0 bridgehead atoms. The van der Waals surface area contributed by atoms with Gasteiger partial charge in [0.05, 0.1) is 11.4 Å². The Labute approximate surface area is 149 Å². The van der Waals surface area contributed by atoms with E-state index in [1.54, 1.807) is 0 Å². The summed E-state index contributed by atoms with van der Waals surface area (Å²) in [6.45, 7) is 4.24. The smallest absolute Gasteiger partial charge is 0.280 e. The fourth-order valence-corrected chi connectivity index (χ4v) is 3.04. The van der Waals surface area contributed by atoms with Crippen molar-refractivity contribution in [1.82, 2.24) is 25.1 Å². The highest BCUT2D eigenvalue weighted by molar-refractivity contribution is 9.10. The molecule has 0 radical (unpaired) electrons. The van der Waals surface area contributed by atoms with Gasteiger partial charge in [-0.1, -0.05) is 49.2 Å². The van der Waals surface area contributed by atoms with E-state index >= 15 is 0 Å². The Morgan fingerprint density at radius 1 is 1.17 bits per heavy atom. The second kappa shape index (κ2) is 7.70. The first kappa shape index (κ1) is 16.8. The third-order valence-electron chi connectivity index (χ3n) is 3.85. The third kappa shape index (κ3) is 3.40. The lowest BCUT2D eigenvalue weighted by molar-refractivity contribution is 0.419. The lowest BCUT2D eigenvalue weighted by Gasteiger charge is -2.06. The fourth-order valence-electron chi connectivity index (χ4n) is 2.59. The first-order valence-electron chi connectivity index (χ1n) is 8.27. The number of hydrogen-bond acceptors (Lipinski definition) is 5. The summed E-state index contributed by atoms with van der Waals surface area (Å²) in [5.74, 6) is 1.17. The van der Waals surface area contributed by atoms with Crippen LogP contribution in [0, 0.1) is 0 Å². The molecule has 0 N–H and O–H groups in total. The summed E-state index contributed by atoms with van der Waals surface area (Å²) >= 11 is 3.56. The highest BCUT2D eigenvalue weighted by Crippen LogP contribution is 2.26. The average Bonchev–Trinajstić information content (AvgIpc) is 3.21. The van der Waals surface area contributed by atoms with Gasteiger partial charge < -0.3 is 4.52 Å². The fraction of sp³-hybridized carbons (Fsp3) is 0.412. The summed E-state index contributed by atoms with van der Waals surface area (Å²) in [6, 6.07) is 7.91. The van der Waals surface area contributed by atoms with Gasteiger partial charge in [-0.25, -0.2) is 4.68 Å². The second-order valence-electron chi connectivity index (χ2n) is 5.57. The zero-order valence-electron chi connectivity index (χ0n) is 13.9. The number of unbranched alkanes of at least 4 members (excludes halogenated alkanes) is 2. The van der Waals surface area contributed by atoms with E-state index in [1.807, 2.05) is 28.9 Å². The van der Waals surface area contributed by atoms with Crippen LogP contribution in [0.3, 0.4) is 0 Å². The molecule has 2 heterocycles. The van der Waals surface area contributed by atoms with E-state index < -0.39 is 0 Å². The molecular weight excluding hydrogens is 370 g/mol. The van der Waals surface area contributed by atoms with Crippen LogP contribution < -0.4 is 0 Å². The molecule has 7 heteroatoms. The minimum absolute atomic E-state index is 0.441. The Kier molecular flexibility index (Phi) is 5.40. The third-order valence-corrected chi connectivity index (χ3v) is 4.52. The maximum atomic E-state index is 5.41. The van der Waals surface area contributed by atoms with Crippen molar-refractivity contribution >= 4 is 15.9 Å². The van der Waals surface area contributed by atoms with Gasteiger partial charge in [-0.2, -0.15) is 4.98 Å². The van der Waals surface area contributed by atoms with E-state index in [1.165, 1.54) is 12.8 Å². The molecule has 0 spiro atoms. The molecule has 0 fully saturated rings. The Bertz CT molecular complexity index is 811. The molecule has 0 aliphatic heterocycles. The van der Waals surface area contributed by atoms with E-state index in [4.69, 9.17) is 4.52 Å². The highest BCUT2D eigenvalue weighted by atomic mass is 79.9. The number of aromatic nitrogens is 5. The van der Waals surface area contributed by atoms with E-state index in [2.05, 4.69) is 50.2 Å². The molecule has 0 aliphatic carbocycles. The van der Waals surface area contributed by atoms with Crippen LogP contribution in [0.1, 0.15) is 44.6 Å². The van der Waals surface area contributed by atoms with E-state index in [0.29, 0.717) is 11.6 Å². The van der Waals surface area contributed by atoms with Gasteiger partial charge >= 0.3 is 0 Å². The molecular formula is C17H20BrN5O. The zero-order valence-corrected chi connectivity index (χ0v) is 15.5. The quantitative estimate of drug-likeness (QED) is 0.560. The molecule has 3 rings (SSSR count). The molecule has 6 nitrogen and oxygen atoms in total. The summed E-state index contributed by atoms with van der Waals surface area (Å²) in [6.07, 6.45) is 5.00. The van der Waals surface area contributed by atoms with Gasteiger partial charge in [-0.05, 0) is 40.9 Å². The number of para-hydroxylation sites is 1. The molecule has 0 unspecified atom stereocenters. The maximum Gasteiger partial charge on any atom is 0.280 e. The summed E-state index contributed by atoms with van der Waals surface area (Å²) in [5.41, 5.74) is 2.55. The minimum atomic E-state index is 0.441. The van der Waals surface area contributed by atoms with Gasteiger partial charge in [-0.15, -0.1) is 5.10 Å². The van der Waals surface area contributed by atoms with Crippen LogP contribution >= 0.6 is 15.9 Å². The van der Waals surface area contributed by atoms with Gasteiger partial charge in [0.2, 0.25) is 0 Å². The van der Waals surface area contributed by atoms with Crippen molar-refractivity contribution in [3.8, 4) is 17.3 Å². The zero-order chi connectivity index (χ0) is 16.9. The topological polar surface area (TPSA) is 69.6 Å². The molecule has 0 amide bonds. The minimum Gasteiger partial charge on any atom is -0.332 e. The number of halogens is 1. The van der Waals surface area contributed by atoms with Crippen LogP contribution in [0.4, 0.5) is 0 Å². The van der Waals surface area contributed by atoms with Crippen LogP contribution in [0.15, 0.2) is 33.3 Å². The van der Waals surface area contributed by atoms with Crippen molar-refractivity contribution in [3.63, 3.8) is 0 Å². The van der Waals surface area contributed by atoms with Gasteiger partial charge in [0.15, 0.2) is 11.5 Å². The SMILES string of the molecule is CCCCCc1noc(-c2nnn(-c3ccccc3Br)c2CC)n1. The van der Waals surface area contributed by atoms with Crippen molar-refractivity contribution in [2.45, 2.75) is 46.0 Å². The summed E-state index contributed by atoms with van der Waals surface area (Å²) < 4.78 is 8.19. The van der Waals surface area contributed by atoms with E-state index in [0.717, 1.165) is 40.9 Å². The molecule has 1 aromatic carbocycles. The molecule has 0 saturated carbocycles. The van der Waals surface area contributed by atoms with Gasteiger partial charge in [0, 0.05) is 10.9 Å². The average molecular weight is 390 g/mol. The Morgan fingerprint density at radius 2 is 2.00 bits per heavy atom. The molecule has 0 atom stereocenters. The second-order valence-corrected chi connectivity index (χ2v) is 6.43. The van der Waals surface area contributed by atoms with Crippen molar-refractivity contribution in [1.29, 1.82) is 0 Å². The van der Waals surface area contributed by atoms with Crippen LogP contribution in [-0.2, 0) is 12.8 Å². The van der Waals surface area contributed by atoms with Crippen LogP contribution in [0.2, 0.25) is 0 Å². The van der Waals surface area contributed by atoms with E-state index in [-0.39, 0.29) is 0 Å². The van der Waals surface area contributed by atoms with Crippen molar-refractivity contribution in [3.05, 3.63) is 40.3 Å². The Hall–Kier alpha value is -2.02. The first-order valence-corrected chi connectivity index (χ1v) is 9.06. The van der Waals surface area contributed by atoms with Crippen LogP contribution in [0.25, 0.3) is 17.3 Å². The van der Waals surface area contributed by atoms with Crippen LogP contribution in [-0.4, -0.2) is 25.1 Å². The summed E-state index contributed by atoms with van der Waals surface area (Å²) in [5, 5.41) is 12.6. The molecule has 2 aromatic heterocycles. The number of rotatable bonds is 7. The molecule has 3 aromatic rings. The van der Waals surface area contributed by atoms with E-state index in [9.17, 15) is 0 Å². The van der Waals surface area contributed by atoms with Gasteiger partial charge in [0.25, 0.3) is 5.89 Å². The molecule has 0 saturated heterocycles. The molecule has 126 valence electrons. The lowest BCUT2D eigenvalue weighted by Crippen LogP contribution is -2.02. The monoisotopic (exact) mass is 389 g/mol.